The van der Waals surface area contributed by atoms with E-state index in [-0.39, 0.29) is 5.91 Å². The van der Waals surface area contributed by atoms with Crippen LogP contribution < -0.4 is 10.1 Å². The van der Waals surface area contributed by atoms with Crippen LogP contribution in [-0.2, 0) is 11.2 Å². The predicted octanol–water partition coefficient (Wildman–Crippen LogP) is 6.05. The maximum Gasteiger partial charge on any atom is 0.248 e. The van der Waals surface area contributed by atoms with E-state index in [1.807, 2.05) is 58.0 Å². The molecule has 1 aromatic heterocycles. The van der Waals surface area contributed by atoms with Crippen LogP contribution in [0.25, 0.3) is 16.5 Å². The number of benzene rings is 2. The number of nitrogens with one attached hydrogen (secondary N) is 1. The van der Waals surface area contributed by atoms with E-state index in [1.165, 1.54) is 0 Å². The highest BCUT2D eigenvalue weighted by Gasteiger charge is 2.17. The van der Waals surface area contributed by atoms with Crippen LogP contribution in [0.1, 0.15) is 43.0 Å². The Balaban J connectivity index is 1.99. The molecular formula is C24H27NO3. The van der Waals surface area contributed by atoms with Crippen LogP contribution in [0, 0.1) is 13.8 Å². The Morgan fingerprint density at radius 2 is 1.96 bits per heavy atom. The van der Waals surface area contributed by atoms with E-state index in [4.69, 9.17) is 9.15 Å². The predicted molar refractivity (Wildman–Crippen MR) is 115 cm³/mol. The third-order valence-corrected chi connectivity index (χ3v) is 4.95. The van der Waals surface area contributed by atoms with E-state index in [1.54, 1.807) is 12.3 Å². The van der Waals surface area contributed by atoms with E-state index in [0.717, 1.165) is 56.7 Å². The molecular weight excluding hydrogens is 350 g/mol. The molecule has 0 saturated heterocycles. The second-order valence-electron chi connectivity index (χ2n) is 6.93. The molecule has 28 heavy (non-hydrogen) atoms. The molecule has 2 aromatic carbocycles. The van der Waals surface area contributed by atoms with Crippen molar-refractivity contribution in [3.8, 4) is 5.75 Å². The molecule has 1 amide bonds. The van der Waals surface area contributed by atoms with Gasteiger partial charge in [0.05, 0.1) is 12.9 Å². The molecule has 0 aliphatic heterocycles. The minimum absolute atomic E-state index is 0.150. The molecule has 0 radical (unpaired) electrons. The van der Waals surface area contributed by atoms with Crippen molar-refractivity contribution in [2.75, 3.05) is 11.9 Å². The number of anilines is 1. The number of furan rings is 1. The number of carbonyl (C=O) groups is 1. The average Bonchev–Trinajstić information content (AvgIpc) is 3.05. The van der Waals surface area contributed by atoms with Gasteiger partial charge < -0.3 is 14.5 Å². The first-order chi connectivity index (χ1) is 13.5. The number of para-hydroxylation sites is 1. The molecule has 0 spiro atoms. The number of allylic oxidation sites excluding steroid dienone is 1. The van der Waals surface area contributed by atoms with E-state index < -0.39 is 0 Å². The Kier molecular flexibility index (Phi) is 5.88. The van der Waals surface area contributed by atoms with Crippen molar-refractivity contribution in [1.82, 2.24) is 0 Å². The molecule has 0 bridgehead atoms. The van der Waals surface area contributed by atoms with Gasteiger partial charge in [-0.1, -0.05) is 25.1 Å². The average molecular weight is 377 g/mol. The molecule has 3 rings (SSSR count). The normalized spacial score (nSPS) is 11.7. The minimum Gasteiger partial charge on any atom is -0.493 e. The van der Waals surface area contributed by atoms with E-state index >= 15 is 0 Å². The fourth-order valence-electron chi connectivity index (χ4n) is 3.46. The van der Waals surface area contributed by atoms with Gasteiger partial charge in [0.2, 0.25) is 5.91 Å². The van der Waals surface area contributed by atoms with Gasteiger partial charge in [0.1, 0.15) is 11.3 Å². The summed E-state index contributed by atoms with van der Waals surface area (Å²) in [6.07, 6.45) is 4.25. The molecule has 0 fully saturated rings. The van der Waals surface area contributed by atoms with Gasteiger partial charge in [-0.05, 0) is 62.9 Å². The molecule has 0 aliphatic carbocycles. The number of fused-ring (bicyclic) bond motifs is 1. The van der Waals surface area contributed by atoms with Gasteiger partial charge in [-0.2, -0.15) is 0 Å². The van der Waals surface area contributed by atoms with Crippen LogP contribution in [0.4, 0.5) is 5.69 Å². The zero-order chi connectivity index (χ0) is 20.3. The Hall–Kier alpha value is -3.01. The summed E-state index contributed by atoms with van der Waals surface area (Å²) in [6, 6.07) is 9.91. The van der Waals surface area contributed by atoms with Gasteiger partial charge >= 0.3 is 0 Å². The zero-order valence-corrected chi connectivity index (χ0v) is 17.2. The van der Waals surface area contributed by atoms with Gasteiger partial charge in [0.15, 0.2) is 0 Å². The monoisotopic (exact) mass is 377 g/mol. The van der Waals surface area contributed by atoms with Crippen molar-refractivity contribution in [2.24, 2.45) is 0 Å². The van der Waals surface area contributed by atoms with Gasteiger partial charge in [-0.3, -0.25) is 4.79 Å². The summed E-state index contributed by atoms with van der Waals surface area (Å²) in [5.74, 6) is 0.613. The second kappa shape index (κ2) is 8.34. The maximum absolute atomic E-state index is 12.7. The second-order valence-corrected chi connectivity index (χ2v) is 6.93. The van der Waals surface area contributed by atoms with Crippen molar-refractivity contribution in [3.05, 3.63) is 64.9 Å². The van der Waals surface area contributed by atoms with Gasteiger partial charge in [-0.25, -0.2) is 0 Å². The molecule has 4 heteroatoms. The quantitative estimate of drug-likeness (QED) is 0.532. The van der Waals surface area contributed by atoms with Crippen molar-refractivity contribution in [1.29, 1.82) is 0 Å². The first-order valence-corrected chi connectivity index (χ1v) is 9.68. The number of amides is 1. The summed E-state index contributed by atoms with van der Waals surface area (Å²) < 4.78 is 11.6. The van der Waals surface area contributed by atoms with Crippen LogP contribution in [0.5, 0.6) is 5.75 Å². The third-order valence-electron chi connectivity index (χ3n) is 4.95. The van der Waals surface area contributed by atoms with Gasteiger partial charge in [0.25, 0.3) is 0 Å². The smallest absolute Gasteiger partial charge is 0.248 e. The fourth-order valence-corrected chi connectivity index (χ4v) is 3.46. The first-order valence-electron chi connectivity index (χ1n) is 9.68. The van der Waals surface area contributed by atoms with Gasteiger partial charge in [0, 0.05) is 28.3 Å². The summed E-state index contributed by atoms with van der Waals surface area (Å²) in [7, 11) is 0. The molecule has 0 atom stereocenters. The summed E-state index contributed by atoms with van der Waals surface area (Å²) >= 11 is 0. The van der Waals surface area contributed by atoms with Crippen molar-refractivity contribution in [3.63, 3.8) is 0 Å². The Labute approximate surface area is 166 Å². The molecule has 1 heterocycles. The number of hydrogen-bond donors (Lipinski definition) is 1. The van der Waals surface area contributed by atoms with Crippen molar-refractivity contribution in [2.45, 2.75) is 41.0 Å². The summed E-state index contributed by atoms with van der Waals surface area (Å²) in [5.41, 5.74) is 6.57. The van der Waals surface area contributed by atoms with Crippen LogP contribution in [0.2, 0.25) is 0 Å². The lowest BCUT2D eigenvalue weighted by Crippen LogP contribution is -2.10. The number of rotatable bonds is 6. The zero-order valence-electron chi connectivity index (χ0n) is 17.2. The molecule has 1 N–H and O–H groups in total. The molecule has 146 valence electrons. The lowest BCUT2D eigenvalue weighted by Gasteiger charge is -2.15. The summed E-state index contributed by atoms with van der Waals surface area (Å²) in [5, 5.41) is 4.04. The largest absolute Gasteiger partial charge is 0.493 e. The molecule has 0 aliphatic rings. The van der Waals surface area contributed by atoms with Crippen LogP contribution in [0.15, 0.2) is 47.1 Å². The Bertz CT molecular complexity index is 1040. The lowest BCUT2D eigenvalue weighted by molar-refractivity contribution is -0.111. The minimum atomic E-state index is -0.150. The topological polar surface area (TPSA) is 51.5 Å². The maximum atomic E-state index is 12.7. The molecule has 3 aromatic rings. The number of ether oxygens (including phenoxy) is 1. The lowest BCUT2D eigenvalue weighted by atomic mass is 9.98. The molecule has 4 nitrogen and oxygen atoms in total. The highest BCUT2D eigenvalue weighted by Crippen LogP contribution is 2.37. The number of aryl methyl sites for hydroxylation is 3. The van der Waals surface area contributed by atoms with Gasteiger partial charge in [-0.15, -0.1) is 0 Å². The number of hydrogen-bond acceptors (Lipinski definition) is 3. The number of carbonyl (C=O) groups excluding carboxylic acids is 1. The molecule has 0 saturated carbocycles. The van der Waals surface area contributed by atoms with Crippen LogP contribution in [-0.4, -0.2) is 12.5 Å². The van der Waals surface area contributed by atoms with E-state index in [9.17, 15) is 4.79 Å². The Morgan fingerprint density at radius 3 is 2.68 bits per heavy atom. The van der Waals surface area contributed by atoms with Crippen LogP contribution in [0.3, 0.4) is 0 Å². The summed E-state index contributed by atoms with van der Waals surface area (Å²) in [6.45, 7) is 10.5. The van der Waals surface area contributed by atoms with Crippen LogP contribution >= 0.6 is 0 Å². The third kappa shape index (κ3) is 3.81. The standard InChI is InChI=1S/C24H27NO3/c1-6-18-10-8-9-11-21(18)25-22(26)12-15(3)19-13-20-16(4)14-28-24(20)17(5)23(19)27-7-2/h8-14H,6-7H2,1-5H3,(H,25,26)/b15-12+. The van der Waals surface area contributed by atoms with E-state index in [0.29, 0.717) is 6.61 Å². The molecule has 0 unspecified atom stereocenters. The summed E-state index contributed by atoms with van der Waals surface area (Å²) in [4.78, 5) is 12.7. The van der Waals surface area contributed by atoms with Crippen molar-refractivity contribution < 1.29 is 13.9 Å². The fraction of sp³-hybridized carbons (Fsp3) is 0.292. The van der Waals surface area contributed by atoms with Crippen molar-refractivity contribution >= 4 is 28.1 Å². The highest BCUT2D eigenvalue weighted by atomic mass is 16.5. The van der Waals surface area contributed by atoms with E-state index in [2.05, 4.69) is 12.2 Å². The SMILES string of the molecule is CCOc1c(/C(C)=C/C(=O)Nc2ccccc2CC)cc2c(C)coc2c1C. The first kappa shape index (κ1) is 19.7. The Morgan fingerprint density at radius 1 is 1.21 bits per heavy atom. The highest BCUT2D eigenvalue weighted by molar-refractivity contribution is 6.05.